The summed E-state index contributed by atoms with van der Waals surface area (Å²) in [6.07, 6.45) is 2.67. The third-order valence-electron chi connectivity index (χ3n) is 2.85. The molecule has 90 valence electrons. The molecule has 17 heavy (non-hydrogen) atoms. The van der Waals surface area contributed by atoms with Gasteiger partial charge in [-0.2, -0.15) is 0 Å². The second-order valence-corrected chi connectivity index (χ2v) is 4.16. The Hall–Kier alpha value is -1.84. The lowest BCUT2D eigenvalue weighted by Crippen LogP contribution is -2.15. The quantitative estimate of drug-likeness (QED) is 0.855. The van der Waals surface area contributed by atoms with Gasteiger partial charge in [-0.3, -0.25) is 9.59 Å². The standard InChI is InChI=1S/C13H15NO3/c14-13(16)6-7-17-10-5-4-9-2-1-3-12(15)11(9)8-10/h4-5,8H,1-3,6-7H2,(H2,14,16). The molecule has 2 rings (SSSR count). The molecule has 0 saturated heterocycles. The topological polar surface area (TPSA) is 69.4 Å². The van der Waals surface area contributed by atoms with E-state index >= 15 is 0 Å². The van der Waals surface area contributed by atoms with Crippen LogP contribution in [-0.2, 0) is 11.2 Å². The summed E-state index contributed by atoms with van der Waals surface area (Å²) < 4.78 is 5.38. The molecule has 0 aromatic heterocycles. The zero-order chi connectivity index (χ0) is 12.3. The summed E-state index contributed by atoms with van der Waals surface area (Å²) in [7, 11) is 0. The lowest BCUT2D eigenvalue weighted by molar-refractivity contribution is -0.118. The zero-order valence-electron chi connectivity index (χ0n) is 9.57. The van der Waals surface area contributed by atoms with Crippen LogP contribution in [0.5, 0.6) is 5.75 Å². The number of ether oxygens (including phenoxy) is 1. The van der Waals surface area contributed by atoms with Gasteiger partial charge in [0, 0.05) is 12.0 Å². The number of amides is 1. The number of benzene rings is 1. The Labute approximate surface area is 99.8 Å². The summed E-state index contributed by atoms with van der Waals surface area (Å²) in [6, 6.07) is 5.52. The van der Waals surface area contributed by atoms with Crippen molar-refractivity contribution < 1.29 is 14.3 Å². The van der Waals surface area contributed by atoms with Gasteiger partial charge in [0.2, 0.25) is 5.91 Å². The molecule has 0 aliphatic heterocycles. The second-order valence-electron chi connectivity index (χ2n) is 4.16. The third-order valence-corrected chi connectivity index (χ3v) is 2.85. The number of aryl methyl sites for hydroxylation is 1. The molecule has 4 nitrogen and oxygen atoms in total. The van der Waals surface area contributed by atoms with Crippen molar-refractivity contribution in [3.8, 4) is 5.75 Å². The van der Waals surface area contributed by atoms with Crippen molar-refractivity contribution in [3.63, 3.8) is 0 Å². The number of carbonyl (C=O) groups excluding carboxylic acids is 2. The van der Waals surface area contributed by atoms with Crippen LogP contribution in [0.3, 0.4) is 0 Å². The van der Waals surface area contributed by atoms with E-state index in [1.807, 2.05) is 12.1 Å². The van der Waals surface area contributed by atoms with Gasteiger partial charge in [0.25, 0.3) is 0 Å². The summed E-state index contributed by atoms with van der Waals surface area (Å²) >= 11 is 0. The van der Waals surface area contributed by atoms with Gasteiger partial charge in [-0.05, 0) is 30.5 Å². The molecule has 0 saturated carbocycles. The molecular weight excluding hydrogens is 218 g/mol. The van der Waals surface area contributed by atoms with Crippen molar-refractivity contribution in [3.05, 3.63) is 29.3 Å². The summed E-state index contributed by atoms with van der Waals surface area (Å²) in [5, 5.41) is 0. The number of primary amides is 1. The summed E-state index contributed by atoms with van der Waals surface area (Å²) in [5.74, 6) is 0.408. The highest BCUT2D eigenvalue weighted by molar-refractivity contribution is 5.98. The maximum absolute atomic E-state index is 11.7. The Kier molecular flexibility index (Phi) is 3.42. The number of Topliss-reactive ketones (excluding diaryl/α,β-unsaturated/α-hetero) is 1. The minimum Gasteiger partial charge on any atom is -0.493 e. The van der Waals surface area contributed by atoms with Gasteiger partial charge in [-0.15, -0.1) is 0 Å². The van der Waals surface area contributed by atoms with E-state index in [9.17, 15) is 9.59 Å². The number of fused-ring (bicyclic) bond motifs is 1. The van der Waals surface area contributed by atoms with E-state index in [2.05, 4.69) is 0 Å². The molecule has 0 bridgehead atoms. The van der Waals surface area contributed by atoms with E-state index in [0.29, 0.717) is 12.2 Å². The summed E-state index contributed by atoms with van der Waals surface area (Å²) in [4.78, 5) is 22.3. The van der Waals surface area contributed by atoms with Gasteiger partial charge in [-0.25, -0.2) is 0 Å². The van der Waals surface area contributed by atoms with E-state index < -0.39 is 0 Å². The molecule has 1 aromatic rings. The van der Waals surface area contributed by atoms with Crippen molar-refractivity contribution in [1.29, 1.82) is 0 Å². The van der Waals surface area contributed by atoms with E-state index in [0.717, 1.165) is 24.0 Å². The number of ketones is 1. The van der Waals surface area contributed by atoms with Gasteiger partial charge in [0.15, 0.2) is 5.78 Å². The Balaban J connectivity index is 2.07. The molecule has 0 atom stereocenters. The SMILES string of the molecule is NC(=O)CCOc1ccc2c(c1)C(=O)CCC2. The Bertz CT molecular complexity index is 454. The second kappa shape index (κ2) is 4.99. The molecule has 1 aromatic carbocycles. The molecule has 1 aliphatic carbocycles. The lowest BCUT2D eigenvalue weighted by Gasteiger charge is -2.15. The van der Waals surface area contributed by atoms with Crippen LogP contribution in [-0.4, -0.2) is 18.3 Å². The molecule has 0 fully saturated rings. The number of carbonyl (C=O) groups is 2. The number of nitrogens with two attached hydrogens (primary N) is 1. The zero-order valence-corrected chi connectivity index (χ0v) is 9.57. The average molecular weight is 233 g/mol. The fraction of sp³-hybridized carbons (Fsp3) is 0.385. The van der Waals surface area contributed by atoms with Gasteiger partial charge in [0.1, 0.15) is 5.75 Å². The van der Waals surface area contributed by atoms with Crippen LogP contribution in [0.2, 0.25) is 0 Å². The van der Waals surface area contributed by atoms with Gasteiger partial charge < -0.3 is 10.5 Å². The molecular formula is C13H15NO3. The number of hydrogen-bond donors (Lipinski definition) is 1. The normalized spacial score (nSPS) is 14.2. The Morgan fingerprint density at radius 3 is 2.94 bits per heavy atom. The summed E-state index contributed by atoms with van der Waals surface area (Å²) in [6.45, 7) is 0.252. The Morgan fingerprint density at radius 2 is 2.18 bits per heavy atom. The highest BCUT2D eigenvalue weighted by atomic mass is 16.5. The van der Waals surface area contributed by atoms with Crippen molar-refractivity contribution in [2.45, 2.75) is 25.7 Å². The maximum Gasteiger partial charge on any atom is 0.220 e. The van der Waals surface area contributed by atoms with Crippen LogP contribution in [0.25, 0.3) is 0 Å². The molecule has 0 radical (unpaired) electrons. The minimum absolute atomic E-state index is 0.173. The van der Waals surface area contributed by atoms with Crippen LogP contribution >= 0.6 is 0 Å². The van der Waals surface area contributed by atoms with Gasteiger partial charge in [-0.1, -0.05) is 6.07 Å². The van der Waals surface area contributed by atoms with Crippen molar-refractivity contribution >= 4 is 11.7 Å². The van der Waals surface area contributed by atoms with E-state index in [-0.39, 0.29) is 24.7 Å². The summed E-state index contributed by atoms with van der Waals surface area (Å²) in [5.41, 5.74) is 6.86. The maximum atomic E-state index is 11.7. The minimum atomic E-state index is -0.390. The molecule has 2 N–H and O–H groups in total. The number of hydrogen-bond acceptors (Lipinski definition) is 3. The van der Waals surface area contributed by atoms with Crippen LogP contribution < -0.4 is 10.5 Å². The monoisotopic (exact) mass is 233 g/mol. The van der Waals surface area contributed by atoms with Crippen LogP contribution in [0.1, 0.15) is 35.2 Å². The van der Waals surface area contributed by atoms with Gasteiger partial charge >= 0.3 is 0 Å². The van der Waals surface area contributed by atoms with Gasteiger partial charge in [0.05, 0.1) is 13.0 Å². The fourth-order valence-electron chi connectivity index (χ4n) is 1.97. The molecule has 1 amide bonds. The van der Waals surface area contributed by atoms with Crippen LogP contribution in [0, 0.1) is 0 Å². The highest BCUT2D eigenvalue weighted by Gasteiger charge is 2.17. The molecule has 0 unspecified atom stereocenters. The number of rotatable bonds is 4. The van der Waals surface area contributed by atoms with E-state index in [1.54, 1.807) is 6.07 Å². The first-order chi connectivity index (χ1) is 8.16. The lowest BCUT2D eigenvalue weighted by atomic mass is 9.90. The van der Waals surface area contributed by atoms with Crippen molar-refractivity contribution in [1.82, 2.24) is 0 Å². The first-order valence-electron chi connectivity index (χ1n) is 5.74. The average Bonchev–Trinajstić information content (AvgIpc) is 2.30. The predicted octanol–water partition coefficient (Wildman–Crippen LogP) is 1.46. The smallest absolute Gasteiger partial charge is 0.220 e. The molecule has 4 heteroatoms. The predicted molar refractivity (Wildman–Crippen MR) is 63.0 cm³/mol. The highest BCUT2D eigenvalue weighted by Crippen LogP contribution is 2.25. The van der Waals surface area contributed by atoms with Crippen LogP contribution in [0.15, 0.2) is 18.2 Å². The molecule has 1 aliphatic rings. The first-order valence-corrected chi connectivity index (χ1v) is 5.74. The van der Waals surface area contributed by atoms with Crippen LogP contribution in [0.4, 0.5) is 0 Å². The largest absolute Gasteiger partial charge is 0.493 e. The fourth-order valence-corrected chi connectivity index (χ4v) is 1.97. The Morgan fingerprint density at radius 1 is 1.35 bits per heavy atom. The third kappa shape index (κ3) is 2.84. The van der Waals surface area contributed by atoms with Crippen molar-refractivity contribution in [2.75, 3.05) is 6.61 Å². The van der Waals surface area contributed by atoms with E-state index in [1.165, 1.54) is 0 Å². The molecule has 0 spiro atoms. The van der Waals surface area contributed by atoms with E-state index in [4.69, 9.17) is 10.5 Å². The first kappa shape index (κ1) is 11.6. The molecule has 0 heterocycles. The van der Waals surface area contributed by atoms with Crippen molar-refractivity contribution in [2.24, 2.45) is 5.73 Å².